The molecule has 37 heavy (non-hydrogen) atoms. The summed E-state index contributed by atoms with van der Waals surface area (Å²) in [6.45, 7) is 4.74. The van der Waals surface area contributed by atoms with Gasteiger partial charge in [0.2, 0.25) is 5.76 Å². The van der Waals surface area contributed by atoms with Crippen molar-refractivity contribution in [2.24, 2.45) is 0 Å². The SMILES string of the molecule is CCCCCCOc1ccc(C2c3c(oc4ccc(Br)cc4c3=O)C(=O)N2c2ccc(C)c(Cl)c2)cc1. The fourth-order valence-electron chi connectivity index (χ4n) is 4.72. The second-order valence-electron chi connectivity index (χ2n) is 9.30. The number of benzene rings is 3. The smallest absolute Gasteiger partial charge is 0.295 e. The molecule has 1 amide bonds. The van der Waals surface area contributed by atoms with E-state index < -0.39 is 6.04 Å². The molecule has 1 unspecified atom stereocenters. The average Bonchev–Trinajstić information content (AvgIpc) is 3.19. The molecular weight excluding hydrogens is 554 g/mol. The zero-order chi connectivity index (χ0) is 26.1. The van der Waals surface area contributed by atoms with Crippen molar-refractivity contribution in [3.63, 3.8) is 0 Å². The Morgan fingerprint density at radius 3 is 2.51 bits per heavy atom. The highest BCUT2D eigenvalue weighted by Crippen LogP contribution is 2.42. The Hall–Kier alpha value is -3.09. The number of halogens is 2. The van der Waals surface area contributed by atoms with Crippen molar-refractivity contribution < 1.29 is 13.9 Å². The van der Waals surface area contributed by atoms with Gasteiger partial charge in [-0.3, -0.25) is 14.5 Å². The number of aryl methyl sites for hydroxylation is 1. The van der Waals surface area contributed by atoms with Gasteiger partial charge in [0.05, 0.1) is 23.6 Å². The number of nitrogens with zero attached hydrogens (tertiary/aromatic N) is 1. The Morgan fingerprint density at radius 1 is 1.00 bits per heavy atom. The van der Waals surface area contributed by atoms with Crippen LogP contribution in [0.15, 0.2) is 74.3 Å². The maximum Gasteiger partial charge on any atom is 0.295 e. The van der Waals surface area contributed by atoms with Crippen molar-refractivity contribution in [1.29, 1.82) is 0 Å². The average molecular weight is 581 g/mol. The van der Waals surface area contributed by atoms with Gasteiger partial charge in [-0.1, -0.05) is 71.9 Å². The van der Waals surface area contributed by atoms with E-state index in [1.807, 2.05) is 43.3 Å². The number of rotatable bonds is 8. The predicted molar refractivity (Wildman–Crippen MR) is 151 cm³/mol. The first-order chi connectivity index (χ1) is 17.9. The summed E-state index contributed by atoms with van der Waals surface area (Å²) in [5, 5.41) is 0.960. The maximum absolute atomic E-state index is 13.8. The zero-order valence-corrected chi connectivity index (χ0v) is 23.1. The van der Waals surface area contributed by atoms with Gasteiger partial charge in [-0.15, -0.1) is 0 Å². The minimum atomic E-state index is -0.667. The molecule has 0 radical (unpaired) electrons. The molecule has 0 saturated heterocycles. The molecule has 0 fully saturated rings. The third-order valence-electron chi connectivity index (χ3n) is 6.73. The van der Waals surface area contributed by atoms with E-state index in [9.17, 15) is 9.59 Å². The molecule has 7 heteroatoms. The minimum absolute atomic E-state index is 0.0535. The molecule has 0 spiro atoms. The first kappa shape index (κ1) is 25.6. The first-order valence-corrected chi connectivity index (χ1v) is 13.6. The highest BCUT2D eigenvalue weighted by Gasteiger charge is 2.43. The van der Waals surface area contributed by atoms with Gasteiger partial charge in [0.1, 0.15) is 11.3 Å². The van der Waals surface area contributed by atoms with E-state index in [1.54, 1.807) is 29.2 Å². The second-order valence-corrected chi connectivity index (χ2v) is 10.6. The van der Waals surface area contributed by atoms with Crippen LogP contribution in [0, 0.1) is 6.92 Å². The Labute approximate surface area is 229 Å². The van der Waals surface area contributed by atoms with E-state index in [0.717, 1.165) is 34.2 Å². The normalized spacial score (nSPS) is 14.9. The molecule has 4 aromatic rings. The van der Waals surface area contributed by atoms with Crippen molar-refractivity contribution in [3.8, 4) is 5.75 Å². The van der Waals surface area contributed by atoms with Gasteiger partial charge in [-0.2, -0.15) is 0 Å². The van der Waals surface area contributed by atoms with Crippen LogP contribution in [-0.4, -0.2) is 12.5 Å². The largest absolute Gasteiger partial charge is 0.494 e. The van der Waals surface area contributed by atoms with Crippen LogP contribution < -0.4 is 15.1 Å². The number of fused-ring (bicyclic) bond motifs is 2. The molecule has 0 N–H and O–H groups in total. The summed E-state index contributed by atoms with van der Waals surface area (Å²) in [4.78, 5) is 29.1. The van der Waals surface area contributed by atoms with Crippen molar-refractivity contribution >= 4 is 50.1 Å². The number of hydrogen-bond donors (Lipinski definition) is 0. The highest BCUT2D eigenvalue weighted by atomic mass is 79.9. The highest BCUT2D eigenvalue weighted by molar-refractivity contribution is 9.10. The van der Waals surface area contributed by atoms with Crippen molar-refractivity contribution in [3.05, 3.63) is 103 Å². The monoisotopic (exact) mass is 579 g/mol. The van der Waals surface area contributed by atoms with Crippen LogP contribution in [0.3, 0.4) is 0 Å². The van der Waals surface area contributed by atoms with Crippen LogP contribution in [0.2, 0.25) is 5.02 Å². The third-order valence-corrected chi connectivity index (χ3v) is 7.63. The van der Waals surface area contributed by atoms with Crippen LogP contribution in [0.4, 0.5) is 5.69 Å². The number of anilines is 1. The van der Waals surface area contributed by atoms with E-state index in [1.165, 1.54) is 12.8 Å². The predicted octanol–water partition coefficient (Wildman–Crippen LogP) is 8.23. The molecule has 1 aliphatic heterocycles. The van der Waals surface area contributed by atoms with E-state index in [-0.39, 0.29) is 17.1 Å². The van der Waals surface area contributed by atoms with Gasteiger partial charge in [-0.25, -0.2) is 0 Å². The van der Waals surface area contributed by atoms with Gasteiger partial charge in [0.25, 0.3) is 5.91 Å². The van der Waals surface area contributed by atoms with Gasteiger partial charge >= 0.3 is 0 Å². The number of hydrogen-bond acceptors (Lipinski definition) is 4. The summed E-state index contributed by atoms with van der Waals surface area (Å²) < 4.78 is 12.7. The lowest BCUT2D eigenvalue weighted by atomic mass is 9.98. The minimum Gasteiger partial charge on any atom is -0.494 e. The molecule has 1 atom stereocenters. The van der Waals surface area contributed by atoms with Gasteiger partial charge in [0.15, 0.2) is 5.43 Å². The van der Waals surface area contributed by atoms with E-state index in [0.29, 0.717) is 33.8 Å². The number of carbonyl (C=O) groups excluding carboxylic acids is 1. The van der Waals surface area contributed by atoms with Crippen molar-refractivity contribution in [2.75, 3.05) is 11.5 Å². The summed E-state index contributed by atoms with van der Waals surface area (Å²) in [5.41, 5.74) is 2.74. The molecule has 0 aliphatic carbocycles. The Balaban J connectivity index is 1.59. The van der Waals surface area contributed by atoms with Crippen LogP contribution in [0.5, 0.6) is 5.75 Å². The topological polar surface area (TPSA) is 59.8 Å². The molecule has 0 bridgehead atoms. The number of amides is 1. The zero-order valence-electron chi connectivity index (χ0n) is 20.7. The summed E-state index contributed by atoms with van der Waals surface area (Å²) in [6, 6.07) is 17.6. The van der Waals surface area contributed by atoms with E-state index in [2.05, 4.69) is 22.9 Å². The lowest BCUT2D eigenvalue weighted by Crippen LogP contribution is -2.29. The summed E-state index contributed by atoms with van der Waals surface area (Å²) in [6.07, 6.45) is 4.53. The van der Waals surface area contributed by atoms with Crippen molar-refractivity contribution in [2.45, 2.75) is 45.6 Å². The Morgan fingerprint density at radius 2 is 1.78 bits per heavy atom. The van der Waals surface area contributed by atoms with E-state index in [4.69, 9.17) is 20.8 Å². The molecule has 1 aromatic heterocycles. The molecule has 2 heterocycles. The van der Waals surface area contributed by atoms with Crippen LogP contribution in [-0.2, 0) is 0 Å². The lowest BCUT2D eigenvalue weighted by Gasteiger charge is -2.26. The standard InChI is InChI=1S/C30H27BrClNO4/c1-3-4-5-6-15-36-22-12-8-19(9-13-22)27-26-28(34)23-16-20(31)10-14-25(23)37-29(26)30(35)33(27)21-11-7-18(2)24(32)17-21/h7-14,16-17,27H,3-6,15H2,1-2H3. The number of ether oxygens (including phenoxy) is 1. The summed E-state index contributed by atoms with van der Waals surface area (Å²) in [5.74, 6) is 0.431. The molecule has 5 rings (SSSR count). The molecule has 5 nitrogen and oxygen atoms in total. The van der Waals surface area contributed by atoms with Crippen LogP contribution >= 0.6 is 27.5 Å². The molecule has 0 saturated carbocycles. The molecular formula is C30H27BrClNO4. The van der Waals surface area contributed by atoms with Gasteiger partial charge < -0.3 is 9.15 Å². The summed E-state index contributed by atoms with van der Waals surface area (Å²) >= 11 is 9.87. The van der Waals surface area contributed by atoms with Gasteiger partial charge in [-0.05, 0) is 66.9 Å². The lowest BCUT2D eigenvalue weighted by molar-refractivity contribution is 0.0971. The summed E-state index contributed by atoms with van der Waals surface area (Å²) in [7, 11) is 0. The fourth-order valence-corrected chi connectivity index (χ4v) is 5.26. The third kappa shape index (κ3) is 4.92. The van der Waals surface area contributed by atoms with E-state index >= 15 is 0 Å². The first-order valence-electron chi connectivity index (χ1n) is 12.5. The quantitative estimate of drug-likeness (QED) is 0.197. The number of unbranched alkanes of at least 4 members (excludes halogenated alkanes) is 3. The molecule has 3 aromatic carbocycles. The van der Waals surface area contributed by atoms with Gasteiger partial charge in [0, 0.05) is 15.2 Å². The van der Waals surface area contributed by atoms with Crippen LogP contribution in [0.25, 0.3) is 11.0 Å². The second kappa shape index (κ2) is 10.7. The Bertz CT molecular complexity index is 1530. The van der Waals surface area contributed by atoms with Crippen molar-refractivity contribution in [1.82, 2.24) is 0 Å². The maximum atomic E-state index is 13.8. The Kier molecular flexibility index (Phi) is 7.40. The number of carbonyl (C=O) groups is 1. The van der Waals surface area contributed by atoms with Crippen LogP contribution in [0.1, 0.15) is 65.9 Å². The fraction of sp³-hybridized carbons (Fsp3) is 0.267. The molecule has 1 aliphatic rings. The molecule has 190 valence electrons.